The van der Waals surface area contributed by atoms with Gasteiger partial charge in [-0.2, -0.15) is 18.2 Å². The SMILES string of the molecule is O=C(O)C(F)(F)F.O=S1CCc2cccc(c2)Nc2ncc(Cl)c(n2)Nc2cccc1c2. The molecule has 1 unspecified atom stereocenters. The molecule has 4 rings (SSSR count). The summed E-state index contributed by atoms with van der Waals surface area (Å²) in [5.41, 5.74) is 2.78. The molecule has 2 aromatic carbocycles. The molecular weight excluding hydrogens is 469 g/mol. The highest BCUT2D eigenvalue weighted by atomic mass is 35.5. The van der Waals surface area contributed by atoms with E-state index in [0.717, 1.165) is 28.3 Å². The molecule has 3 N–H and O–H groups in total. The fourth-order valence-corrected chi connectivity index (χ4v) is 3.91. The number of anilines is 4. The van der Waals surface area contributed by atoms with Gasteiger partial charge in [-0.1, -0.05) is 29.8 Å². The topological polar surface area (TPSA) is 104 Å². The maximum absolute atomic E-state index is 12.6. The molecule has 0 saturated heterocycles. The largest absolute Gasteiger partial charge is 0.490 e. The summed E-state index contributed by atoms with van der Waals surface area (Å²) in [5.74, 6) is -1.24. The van der Waals surface area contributed by atoms with Gasteiger partial charge in [-0.15, -0.1) is 0 Å². The second-order valence-corrected chi connectivity index (χ2v) is 8.45. The lowest BCUT2D eigenvalue weighted by Crippen LogP contribution is -2.21. The molecule has 0 amide bonds. The van der Waals surface area contributed by atoms with Crippen molar-refractivity contribution in [3.05, 3.63) is 65.3 Å². The molecule has 0 saturated carbocycles. The Morgan fingerprint density at radius 2 is 1.75 bits per heavy atom. The first kappa shape index (κ1) is 23.5. The number of hydrogen-bond acceptors (Lipinski definition) is 6. The van der Waals surface area contributed by atoms with Gasteiger partial charge in [-0.25, -0.2) is 9.78 Å². The molecule has 1 atom stereocenters. The Hall–Kier alpha value is -3.18. The zero-order valence-electron chi connectivity index (χ0n) is 16.2. The van der Waals surface area contributed by atoms with Gasteiger partial charge >= 0.3 is 12.1 Å². The first-order chi connectivity index (χ1) is 15.1. The van der Waals surface area contributed by atoms with E-state index in [4.69, 9.17) is 21.5 Å². The third-order valence-electron chi connectivity index (χ3n) is 4.11. The molecule has 3 aromatic rings. The highest BCUT2D eigenvalue weighted by Gasteiger charge is 2.38. The number of fused-ring (bicyclic) bond motifs is 6. The molecule has 1 aliphatic heterocycles. The highest BCUT2D eigenvalue weighted by molar-refractivity contribution is 7.85. The molecule has 6 bridgehead atoms. The molecule has 0 radical (unpaired) electrons. The van der Waals surface area contributed by atoms with Gasteiger partial charge in [0.2, 0.25) is 5.95 Å². The van der Waals surface area contributed by atoms with E-state index in [0.29, 0.717) is 22.5 Å². The predicted octanol–water partition coefficient (Wildman–Crippen LogP) is 4.91. The average Bonchev–Trinajstić information content (AvgIpc) is 2.74. The summed E-state index contributed by atoms with van der Waals surface area (Å²) in [4.78, 5) is 18.4. The van der Waals surface area contributed by atoms with Gasteiger partial charge in [-0.05, 0) is 42.3 Å². The summed E-state index contributed by atoms with van der Waals surface area (Å²) in [5, 5.41) is 13.9. The number of halogens is 4. The predicted molar refractivity (Wildman–Crippen MR) is 115 cm³/mol. The van der Waals surface area contributed by atoms with Crippen LogP contribution in [0.2, 0.25) is 5.02 Å². The number of nitrogens with one attached hydrogen (secondary N) is 2. The molecule has 2 heterocycles. The number of rotatable bonds is 0. The van der Waals surface area contributed by atoms with E-state index in [2.05, 4.69) is 20.6 Å². The van der Waals surface area contributed by atoms with Crippen LogP contribution in [0.5, 0.6) is 0 Å². The van der Waals surface area contributed by atoms with Gasteiger partial charge in [0.1, 0.15) is 5.02 Å². The van der Waals surface area contributed by atoms with Gasteiger partial charge in [0.15, 0.2) is 5.82 Å². The first-order valence-corrected chi connectivity index (χ1v) is 10.8. The van der Waals surface area contributed by atoms with Crippen LogP contribution >= 0.6 is 11.6 Å². The highest BCUT2D eigenvalue weighted by Crippen LogP contribution is 2.26. The van der Waals surface area contributed by atoms with Crippen molar-refractivity contribution in [2.75, 3.05) is 16.4 Å². The van der Waals surface area contributed by atoms with Crippen LogP contribution < -0.4 is 10.6 Å². The minimum absolute atomic E-state index is 0.415. The molecule has 7 nitrogen and oxygen atoms in total. The maximum Gasteiger partial charge on any atom is 0.490 e. The first-order valence-electron chi connectivity index (χ1n) is 9.06. The number of carboxylic acid groups (broad SMARTS) is 1. The van der Waals surface area contributed by atoms with E-state index in [-0.39, 0.29) is 0 Å². The second-order valence-electron chi connectivity index (χ2n) is 6.47. The zero-order chi connectivity index (χ0) is 23.3. The Bertz CT molecular complexity index is 1160. The molecule has 1 aliphatic rings. The molecule has 168 valence electrons. The second kappa shape index (κ2) is 9.96. The van der Waals surface area contributed by atoms with Crippen LogP contribution in [0.25, 0.3) is 0 Å². The van der Waals surface area contributed by atoms with Crippen LogP contribution in [-0.2, 0) is 22.0 Å². The Labute approximate surface area is 188 Å². The third-order valence-corrected chi connectivity index (χ3v) is 5.74. The third kappa shape index (κ3) is 6.41. The smallest absolute Gasteiger partial charge is 0.475 e. The maximum atomic E-state index is 12.6. The van der Waals surface area contributed by atoms with Gasteiger partial charge < -0.3 is 15.7 Å². The van der Waals surface area contributed by atoms with Gasteiger partial charge in [-0.3, -0.25) is 4.21 Å². The summed E-state index contributed by atoms with van der Waals surface area (Å²) in [7, 11) is -1.07. The summed E-state index contributed by atoms with van der Waals surface area (Å²) in [6.07, 6.45) is -2.80. The molecule has 0 spiro atoms. The number of aromatic nitrogens is 2. The van der Waals surface area contributed by atoms with Crippen LogP contribution in [0.15, 0.2) is 59.6 Å². The molecule has 32 heavy (non-hydrogen) atoms. The Morgan fingerprint density at radius 1 is 1.09 bits per heavy atom. The lowest BCUT2D eigenvalue weighted by atomic mass is 10.1. The van der Waals surface area contributed by atoms with E-state index < -0.39 is 22.9 Å². The van der Waals surface area contributed by atoms with Crippen LogP contribution in [0.4, 0.5) is 36.3 Å². The fourth-order valence-electron chi connectivity index (χ4n) is 2.63. The van der Waals surface area contributed by atoms with Crippen molar-refractivity contribution in [2.24, 2.45) is 0 Å². The summed E-state index contributed by atoms with van der Waals surface area (Å²) >= 11 is 6.21. The van der Waals surface area contributed by atoms with Crippen LogP contribution in [-0.4, -0.2) is 37.2 Å². The van der Waals surface area contributed by atoms with Crippen LogP contribution in [0.1, 0.15) is 5.56 Å². The van der Waals surface area contributed by atoms with Crippen molar-refractivity contribution >= 4 is 51.5 Å². The van der Waals surface area contributed by atoms with Gasteiger partial charge in [0.05, 0.1) is 17.0 Å². The fraction of sp³-hybridized carbons (Fsp3) is 0.150. The molecule has 12 heteroatoms. The van der Waals surface area contributed by atoms with Crippen molar-refractivity contribution in [1.82, 2.24) is 9.97 Å². The minimum atomic E-state index is -5.08. The lowest BCUT2D eigenvalue weighted by molar-refractivity contribution is -0.192. The lowest BCUT2D eigenvalue weighted by Gasteiger charge is -2.13. The van der Waals surface area contributed by atoms with E-state index in [9.17, 15) is 17.4 Å². The molecule has 0 aliphatic carbocycles. The van der Waals surface area contributed by atoms with Crippen molar-refractivity contribution in [3.8, 4) is 0 Å². The molecular formula is C20H16ClF3N4O3S. The van der Waals surface area contributed by atoms with E-state index in [1.807, 2.05) is 48.5 Å². The summed E-state index contributed by atoms with van der Waals surface area (Å²) in [6.45, 7) is 0. The Balaban J connectivity index is 0.000000360. The van der Waals surface area contributed by atoms with E-state index in [1.54, 1.807) is 6.20 Å². The number of hydrogen-bond donors (Lipinski definition) is 3. The number of aryl methyl sites for hydroxylation is 1. The van der Waals surface area contributed by atoms with Gasteiger partial charge in [0.25, 0.3) is 0 Å². The zero-order valence-corrected chi connectivity index (χ0v) is 17.8. The number of aliphatic carboxylic acids is 1. The normalized spacial score (nSPS) is 15.2. The van der Waals surface area contributed by atoms with Crippen molar-refractivity contribution in [3.63, 3.8) is 0 Å². The van der Waals surface area contributed by atoms with Crippen LogP contribution in [0.3, 0.4) is 0 Å². The number of alkyl halides is 3. The Morgan fingerprint density at radius 3 is 2.44 bits per heavy atom. The molecule has 1 aromatic heterocycles. The quantitative estimate of drug-likeness (QED) is 0.416. The monoisotopic (exact) mass is 484 g/mol. The number of carbonyl (C=O) groups is 1. The number of benzene rings is 2. The van der Waals surface area contributed by atoms with Crippen LogP contribution in [0, 0.1) is 0 Å². The standard InChI is InChI=1S/C18H15ClN4OS.C2HF3O2/c19-16-11-20-18-22-13-4-1-3-12(9-13)7-8-25(24)15-6-2-5-14(10-15)21-17(16)23-18;3-2(4,5)1(6)7/h1-6,9-11H,7-8H2,(H2,20,21,22,23);(H,6,7). The van der Waals surface area contributed by atoms with Gasteiger partial charge in [0, 0.05) is 22.0 Å². The van der Waals surface area contributed by atoms with Crippen molar-refractivity contribution in [1.29, 1.82) is 0 Å². The average molecular weight is 485 g/mol. The molecule has 0 fully saturated rings. The van der Waals surface area contributed by atoms with E-state index in [1.165, 1.54) is 0 Å². The minimum Gasteiger partial charge on any atom is -0.475 e. The van der Waals surface area contributed by atoms with Crippen molar-refractivity contribution < 1.29 is 27.3 Å². The number of carboxylic acids is 1. The summed E-state index contributed by atoms with van der Waals surface area (Å²) in [6, 6.07) is 15.5. The number of nitrogens with zero attached hydrogens (tertiary/aromatic N) is 2. The van der Waals surface area contributed by atoms with Crippen molar-refractivity contribution in [2.45, 2.75) is 17.5 Å². The Kier molecular flexibility index (Phi) is 7.31. The van der Waals surface area contributed by atoms with E-state index >= 15 is 0 Å². The summed E-state index contributed by atoms with van der Waals surface area (Å²) < 4.78 is 44.3.